The highest BCUT2D eigenvalue weighted by Crippen LogP contribution is 2.37. The number of benzene rings is 1. The van der Waals surface area contributed by atoms with Crippen LogP contribution in [0.4, 0.5) is 4.39 Å². The smallest absolute Gasteiger partial charge is 0.141 e. The average molecular weight is 317 g/mol. The molecule has 2 nitrogen and oxygen atoms in total. The fourth-order valence-corrected chi connectivity index (χ4v) is 3.03. The maximum absolute atomic E-state index is 13.4. The number of hydrogen-bond donors (Lipinski definition) is 1. The van der Waals surface area contributed by atoms with Crippen LogP contribution in [0.3, 0.4) is 0 Å². The van der Waals surface area contributed by atoms with E-state index in [1.807, 2.05) is 0 Å². The van der Waals surface area contributed by atoms with Crippen molar-refractivity contribution < 1.29 is 14.2 Å². The molecule has 0 saturated heterocycles. The molecule has 18 heavy (non-hydrogen) atoms. The Bertz CT molecular complexity index is 417. The Morgan fingerprint density at radius 1 is 1.44 bits per heavy atom. The Labute approximate surface area is 115 Å². The third kappa shape index (κ3) is 3.04. The summed E-state index contributed by atoms with van der Waals surface area (Å²) in [5.74, 6) is 0.624. The summed E-state index contributed by atoms with van der Waals surface area (Å²) in [6.45, 7) is 0. The van der Waals surface area contributed by atoms with E-state index in [1.165, 1.54) is 38.9 Å². The Morgan fingerprint density at radius 2 is 2.11 bits per heavy atom. The molecule has 0 radical (unpaired) electrons. The third-order valence-corrected chi connectivity index (χ3v) is 4.27. The first-order valence-electron chi connectivity index (χ1n) is 6.32. The minimum absolute atomic E-state index is 0.365. The summed E-state index contributed by atoms with van der Waals surface area (Å²) >= 11 is 3.15. The number of rotatable bonds is 4. The molecule has 0 aliphatic heterocycles. The third-order valence-electron chi connectivity index (χ3n) is 3.66. The van der Waals surface area contributed by atoms with Crippen LogP contribution in [0.15, 0.2) is 16.6 Å². The topological polar surface area (TPSA) is 29.5 Å². The summed E-state index contributed by atoms with van der Waals surface area (Å²) in [5.41, 5.74) is 0.665. The highest BCUT2D eigenvalue weighted by molar-refractivity contribution is 9.10. The maximum atomic E-state index is 13.4. The minimum Gasteiger partial charge on any atom is -0.496 e. The van der Waals surface area contributed by atoms with Crippen molar-refractivity contribution in [2.24, 2.45) is 5.92 Å². The second-order valence-electron chi connectivity index (χ2n) is 4.91. The zero-order valence-electron chi connectivity index (χ0n) is 10.5. The van der Waals surface area contributed by atoms with Crippen molar-refractivity contribution in [2.75, 3.05) is 7.11 Å². The van der Waals surface area contributed by atoms with Crippen LogP contribution in [0.2, 0.25) is 0 Å². The summed E-state index contributed by atoms with van der Waals surface area (Å²) < 4.78 is 18.9. The predicted octanol–water partition coefficient (Wildman–Crippen LogP) is 4.21. The summed E-state index contributed by atoms with van der Waals surface area (Å²) in [6.07, 6.45) is 5.02. The molecule has 1 aliphatic carbocycles. The van der Waals surface area contributed by atoms with Crippen molar-refractivity contribution in [3.63, 3.8) is 0 Å². The van der Waals surface area contributed by atoms with Crippen LogP contribution in [0, 0.1) is 11.7 Å². The van der Waals surface area contributed by atoms with Crippen LogP contribution in [0.1, 0.15) is 43.8 Å². The van der Waals surface area contributed by atoms with Gasteiger partial charge < -0.3 is 9.84 Å². The molecule has 4 heteroatoms. The van der Waals surface area contributed by atoms with Crippen LogP contribution in [-0.4, -0.2) is 12.2 Å². The highest BCUT2D eigenvalue weighted by atomic mass is 79.9. The van der Waals surface area contributed by atoms with E-state index in [9.17, 15) is 9.50 Å². The van der Waals surface area contributed by atoms with E-state index < -0.39 is 6.10 Å². The van der Waals surface area contributed by atoms with Crippen molar-refractivity contribution in [3.05, 3.63) is 28.0 Å². The maximum Gasteiger partial charge on any atom is 0.141 e. The molecule has 100 valence electrons. The zero-order chi connectivity index (χ0) is 13.1. The highest BCUT2D eigenvalue weighted by Gasteiger charge is 2.22. The van der Waals surface area contributed by atoms with E-state index in [-0.39, 0.29) is 5.82 Å². The van der Waals surface area contributed by atoms with E-state index in [0.29, 0.717) is 21.7 Å². The van der Waals surface area contributed by atoms with Crippen molar-refractivity contribution in [3.8, 4) is 5.75 Å². The number of methoxy groups -OCH3 is 1. The summed E-state index contributed by atoms with van der Waals surface area (Å²) in [5, 5.41) is 10.3. The number of aliphatic hydroxyl groups excluding tert-OH is 1. The standard InChI is InChI=1S/C14H18BrFO2/c1-18-14-8-12(16)11(15)7-10(14)13(17)6-9-4-2-3-5-9/h7-9,13,17H,2-6H2,1H3. The lowest BCUT2D eigenvalue weighted by molar-refractivity contribution is 0.141. The Morgan fingerprint density at radius 3 is 2.72 bits per heavy atom. The van der Waals surface area contributed by atoms with E-state index in [0.717, 1.165) is 6.42 Å². The van der Waals surface area contributed by atoms with E-state index in [2.05, 4.69) is 15.9 Å². The largest absolute Gasteiger partial charge is 0.496 e. The molecular weight excluding hydrogens is 299 g/mol. The van der Waals surface area contributed by atoms with Crippen LogP contribution in [-0.2, 0) is 0 Å². The van der Waals surface area contributed by atoms with Crippen molar-refractivity contribution in [2.45, 2.75) is 38.2 Å². The van der Waals surface area contributed by atoms with Gasteiger partial charge in [-0.25, -0.2) is 4.39 Å². The predicted molar refractivity (Wildman–Crippen MR) is 72.2 cm³/mol. The fourth-order valence-electron chi connectivity index (χ4n) is 2.67. The summed E-state index contributed by atoms with van der Waals surface area (Å²) in [4.78, 5) is 0. The lowest BCUT2D eigenvalue weighted by Crippen LogP contribution is -2.06. The Kier molecular flexibility index (Phi) is 4.62. The first kappa shape index (κ1) is 13.8. The summed E-state index contributed by atoms with van der Waals surface area (Å²) in [7, 11) is 1.49. The van der Waals surface area contributed by atoms with Gasteiger partial charge >= 0.3 is 0 Å². The van der Waals surface area contributed by atoms with Crippen molar-refractivity contribution in [1.82, 2.24) is 0 Å². The molecule has 1 aromatic rings. The van der Waals surface area contributed by atoms with Gasteiger partial charge in [0, 0.05) is 11.6 Å². The average Bonchev–Trinajstić information content (AvgIpc) is 2.84. The van der Waals surface area contributed by atoms with Gasteiger partial charge in [0.2, 0.25) is 0 Å². The number of halogens is 2. The molecule has 0 amide bonds. The van der Waals surface area contributed by atoms with Gasteiger partial charge in [-0.15, -0.1) is 0 Å². The molecule has 1 atom stereocenters. The molecule has 1 saturated carbocycles. The number of hydrogen-bond acceptors (Lipinski definition) is 2. The lowest BCUT2D eigenvalue weighted by atomic mass is 9.95. The number of aliphatic hydroxyl groups is 1. The first-order chi connectivity index (χ1) is 8.61. The SMILES string of the molecule is COc1cc(F)c(Br)cc1C(O)CC1CCCC1. The van der Waals surface area contributed by atoms with E-state index in [4.69, 9.17) is 4.74 Å². The molecule has 0 bridgehead atoms. The number of ether oxygens (including phenoxy) is 1. The quantitative estimate of drug-likeness (QED) is 0.901. The monoisotopic (exact) mass is 316 g/mol. The fraction of sp³-hybridized carbons (Fsp3) is 0.571. The van der Waals surface area contributed by atoms with Gasteiger partial charge in [-0.1, -0.05) is 25.7 Å². The van der Waals surface area contributed by atoms with Gasteiger partial charge in [0.25, 0.3) is 0 Å². The van der Waals surface area contributed by atoms with Gasteiger partial charge in [-0.3, -0.25) is 0 Å². The minimum atomic E-state index is -0.583. The van der Waals surface area contributed by atoms with Crippen LogP contribution in [0.25, 0.3) is 0 Å². The Hall–Kier alpha value is -0.610. The Balaban J connectivity index is 2.17. The zero-order valence-corrected chi connectivity index (χ0v) is 12.0. The van der Waals surface area contributed by atoms with Gasteiger partial charge in [-0.2, -0.15) is 0 Å². The molecule has 1 unspecified atom stereocenters. The molecule has 1 aromatic carbocycles. The molecule has 1 fully saturated rings. The van der Waals surface area contributed by atoms with Gasteiger partial charge in [-0.05, 0) is 34.3 Å². The van der Waals surface area contributed by atoms with Crippen molar-refractivity contribution in [1.29, 1.82) is 0 Å². The molecule has 2 rings (SSSR count). The van der Waals surface area contributed by atoms with E-state index >= 15 is 0 Å². The van der Waals surface area contributed by atoms with Gasteiger partial charge in [0.05, 0.1) is 17.7 Å². The van der Waals surface area contributed by atoms with Crippen LogP contribution >= 0.6 is 15.9 Å². The summed E-state index contributed by atoms with van der Waals surface area (Å²) in [6, 6.07) is 2.94. The lowest BCUT2D eigenvalue weighted by Gasteiger charge is -2.18. The second-order valence-corrected chi connectivity index (χ2v) is 5.76. The molecule has 1 aliphatic rings. The van der Waals surface area contributed by atoms with Crippen LogP contribution in [0.5, 0.6) is 5.75 Å². The second kappa shape index (κ2) is 6.02. The van der Waals surface area contributed by atoms with Crippen molar-refractivity contribution >= 4 is 15.9 Å². The first-order valence-corrected chi connectivity index (χ1v) is 7.12. The van der Waals surface area contributed by atoms with Gasteiger partial charge in [0.15, 0.2) is 0 Å². The molecule has 1 N–H and O–H groups in total. The normalized spacial score (nSPS) is 18.0. The van der Waals surface area contributed by atoms with Crippen LogP contribution < -0.4 is 4.74 Å². The molecule has 0 spiro atoms. The molecule has 0 aromatic heterocycles. The molecule has 0 heterocycles. The van der Waals surface area contributed by atoms with Gasteiger partial charge in [0.1, 0.15) is 11.6 Å². The molecular formula is C14H18BrFO2. The van der Waals surface area contributed by atoms with E-state index in [1.54, 1.807) is 6.07 Å².